The molecule has 0 bridgehead atoms. The molecule has 0 atom stereocenters. The van der Waals surface area contributed by atoms with E-state index in [9.17, 15) is 9.18 Å². The number of alkyl halides is 1. The molecular weight excluding hydrogens is 217 g/mol. The maximum Gasteiger partial charge on any atom is 0.221 e. The molecular formula is C11H13ClFNO. The monoisotopic (exact) mass is 229 g/mol. The van der Waals surface area contributed by atoms with Crippen LogP contribution in [0.15, 0.2) is 24.3 Å². The van der Waals surface area contributed by atoms with Crippen LogP contribution in [-0.2, 0) is 11.2 Å². The average molecular weight is 230 g/mol. The Balaban J connectivity index is 2.28. The van der Waals surface area contributed by atoms with Crippen LogP contribution in [0, 0.1) is 5.82 Å². The molecule has 15 heavy (non-hydrogen) atoms. The summed E-state index contributed by atoms with van der Waals surface area (Å²) in [7, 11) is 0. The van der Waals surface area contributed by atoms with Crippen LogP contribution in [0.5, 0.6) is 0 Å². The van der Waals surface area contributed by atoms with Gasteiger partial charge in [-0.3, -0.25) is 4.79 Å². The molecule has 1 rings (SSSR count). The van der Waals surface area contributed by atoms with E-state index in [1.54, 1.807) is 6.07 Å². The molecule has 0 unspecified atom stereocenters. The van der Waals surface area contributed by atoms with Gasteiger partial charge in [0.15, 0.2) is 0 Å². The van der Waals surface area contributed by atoms with Crippen LogP contribution in [0.3, 0.4) is 0 Å². The Hall–Kier alpha value is -1.09. The minimum Gasteiger partial charge on any atom is -0.356 e. The summed E-state index contributed by atoms with van der Waals surface area (Å²) in [5.41, 5.74) is 0.876. The van der Waals surface area contributed by atoms with Gasteiger partial charge in [-0.15, -0.1) is 11.6 Å². The number of carbonyl (C=O) groups is 1. The van der Waals surface area contributed by atoms with Gasteiger partial charge in [0.2, 0.25) is 5.91 Å². The van der Waals surface area contributed by atoms with Crippen molar-refractivity contribution in [2.45, 2.75) is 12.8 Å². The second-order valence-electron chi connectivity index (χ2n) is 3.17. The summed E-state index contributed by atoms with van der Waals surface area (Å²) in [6, 6.07) is 6.35. The number of benzene rings is 1. The number of hydrogen-bond acceptors (Lipinski definition) is 1. The lowest BCUT2D eigenvalue weighted by Crippen LogP contribution is -2.25. The van der Waals surface area contributed by atoms with Crippen LogP contribution in [0.2, 0.25) is 0 Å². The summed E-state index contributed by atoms with van der Waals surface area (Å²) >= 11 is 5.40. The third-order valence-electron chi connectivity index (χ3n) is 1.95. The fourth-order valence-corrected chi connectivity index (χ4v) is 1.38. The second kappa shape index (κ2) is 6.40. The van der Waals surface area contributed by atoms with Crippen molar-refractivity contribution >= 4 is 17.5 Å². The molecule has 0 aliphatic rings. The van der Waals surface area contributed by atoms with E-state index in [1.165, 1.54) is 12.1 Å². The summed E-state index contributed by atoms with van der Waals surface area (Å²) in [5, 5.41) is 2.71. The largest absolute Gasteiger partial charge is 0.356 e. The van der Waals surface area contributed by atoms with Gasteiger partial charge in [-0.1, -0.05) is 12.1 Å². The van der Waals surface area contributed by atoms with Crippen molar-refractivity contribution in [2.75, 3.05) is 12.4 Å². The topological polar surface area (TPSA) is 29.1 Å². The number of nitrogens with one attached hydrogen (secondary N) is 1. The maximum absolute atomic E-state index is 12.8. The molecule has 0 aliphatic carbocycles. The zero-order valence-electron chi connectivity index (χ0n) is 8.30. The highest BCUT2D eigenvalue weighted by molar-refractivity contribution is 6.18. The molecule has 1 amide bonds. The Bertz CT molecular complexity index is 330. The van der Waals surface area contributed by atoms with Gasteiger partial charge in [0.25, 0.3) is 0 Å². The zero-order valence-corrected chi connectivity index (χ0v) is 9.06. The molecule has 82 valence electrons. The van der Waals surface area contributed by atoms with Crippen molar-refractivity contribution < 1.29 is 9.18 Å². The first-order valence-corrected chi connectivity index (χ1v) is 5.33. The highest BCUT2D eigenvalue weighted by Gasteiger charge is 1.99. The Morgan fingerprint density at radius 3 is 2.93 bits per heavy atom. The predicted molar refractivity (Wildman–Crippen MR) is 58.5 cm³/mol. The van der Waals surface area contributed by atoms with Crippen molar-refractivity contribution in [3.63, 3.8) is 0 Å². The first-order chi connectivity index (χ1) is 7.22. The molecule has 0 aromatic heterocycles. The highest BCUT2D eigenvalue weighted by atomic mass is 35.5. The number of hydrogen-bond donors (Lipinski definition) is 1. The van der Waals surface area contributed by atoms with Gasteiger partial charge in [0, 0.05) is 18.8 Å². The molecule has 1 aromatic rings. The van der Waals surface area contributed by atoms with Crippen molar-refractivity contribution in [1.82, 2.24) is 5.32 Å². The Labute approximate surface area is 93.4 Å². The lowest BCUT2D eigenvalue weighted by atomic mass is 10.1. The van der Waals surface area contributed by atoms with Crippen LogP contribution >= 0.6 is 11.6 Å². The summed E-state index contributed by atoms with van der Waals surface area (Å²) in [4.78, 5) is 11.0. The van der Waals surface area contributed by atoms with Gasteiger partial charge in [-0.25, -0.2) is 4.39 Å². The van der Waals surface area contributed by atoms with E-state index < -0.39 is 0 Å². The Morgan fingerprint density at radius 2 is 2.27 bits per heavy atom. The number of carbonyl (C=O) groups excluding carboxylic acids is 1. The van der Waals surface area contributed by atoms with E-state index in [-0.39, 0.29) is 11.7 Å². The standard InChI is InChI=1S/C11H13ClFNO/c12-6-4-11(15)14-7-5-9-2-1-3-10(13)8-9/h1-3,8H,4-7H2,(H,14,15). The normalized spacial score (nSPS) is 10.0. The predicted octanol–water partition coefficient (Wildman–Crippen LogP) is 2.11. The molecule has 1 aromatic carbocycles. The van der Waals surface area contributed by atoms with E-state index in [2.05, 4.69) is 5.32 Å². The molecule has 0 fully saturated rings. The van der Waals surface area contributed by atoms with Crippen molar-refractivity contribution in [3.05, 3.63) is 35.6 Å². The van der Waals surface area contributed by atoms with Crippen LogP contribution in [0.25, 0.3) is 0 Å². The molecule has 0 spiro atoms. The van der Waals surface area contributed by atoms with E-state index >= 15 is 0 Å². The number of rotatable bonds is 5. The van der Waals surface area contributed by atoms with Gasteiger partial charge < -0.3 is 5.32 Å². The van der Waals surface area contributed by atoms with Gasteiger partial charge in [-0.05, 0) is 24.1 Å². The SMILES string of the molecule is O=C(CCCl)NCCc1cccc(F)c1. The fourth-order valence-electron chi connectivity index (χ4n) is 1.21. The van der Waals surface area contributed by atoms with Crippen LogP contribution < -0.4 is 5.32 Å². The molecule has 0 aliphatic heterocycles. The smallest absolute Gasteiger partial charge is 0.221 e. The summed E-state index contributed by atoms with van der Waals surface area (Å²) < 4.78 is 12.8. The lowest BCUT2D eigenvalue weighted by Gasteiger charge is -2.04. The quantitative estimate of drug-likeness (QED) is 0.770. The molecule has 0 saturated heterocycles. The first-order valence-electron chi connectivity index (χ1n) is 4.79. The van der Waals surface area contributed by atoms with E-state index in [1.807, 2.05) is 6.07 Å². The maximum atomic E-state index is 12.8. The van der Waals surface area contributed by atoms with Crippen molar-refractivity contribution in [2.24, 2.45) is 0 Å². The molecule has 4 heteroatoms. The van der Waals surface area contributed by atoms with Crippen LogP contribution in [0.1, 0.15) is 12.0 Å². The van der Waals surface area contributed by atoms with E-state index in [0.29, 0.717) is 25.3 Å². The van der Waals surface area contributed by atoms with Gasteiger partial charge >= 0.3 is 0 Å². The summed E-state index contributed by atoms with van der Waals surface area (Å²) in [6.45, 7) is 0.513. The van der Waals surface area contributed by atoms with Crippen LogP contribution in [0.4, 0.5) is 4.39 Å². The van der Waals surface area contributed by atoms with E-state index in [0.717, 1.165) is 5.56 Å². The lowest BCUT2D eigenvalue weighted by molar-refractivity contribution is -0.120. The minimum atomic E-state index is -0.250. The zero-order chi connectivity index (χ0) is 11.1. The third kappa shape index (κ3) is 4.79. The molecule has 1 N–H and O–H groups in total. The van der Waals surface area contributed by atoms with Gasteiger partial charge in [0.05, 0.1) is 0 Å². The summed E-state index contributed by atoms with van der Waals surface area (Å²) in [5.74, 6) is 0.00667. The van der Waals surface area contributed by atoms with Crippen molar-refractivity contribution in [3.8, 4) is 0 Å². The highest BCUT2D eigenvalue weighted by Crippen LogP contribution is 2.03. The summed E-state index contributed by atoms with van der Waals surface area (Å²) in [6.07, 6.45) is 0.955. The Kier molecular flexibility index (Phi) is 5.12. The Morgan fingerprint density at radius 1 is 1.47 bits per heavy atom. The second-order valence-corrected chi connectivity index (χ2v) is 3.55. The minimum absolute atomic E-state index is 0.0681. The molecule has 0 radical (unpaired) electrons. The number of amides is 1. The molecule has 0 heterocycles. The van der Waals surface area contributed by atoms with E-state index in [4.69, 9.17) is 11.6 Å². The first kappa shape index (κ1) is 12.0. The van der Waals surface area contributed by atoms with Gasteiger partial charge in [0.1, 0.15) is 5.82 Å². The molecule has 2 nitrogen and oxygen atoms in total. The van der Waals surface area contributed by atoms with Crippen molar-refractivity contribution in [1.29, 1.82) is 0 Å². The van der Waals surface area contributed by atoms with Crippen LogP contribution in [-0.4, -0.2) is 18.3 Å². The third-order valence-corrected chi connectivity index (χ3v) is 2.14. The van der Waals surface area contributed by atoms with Gasteiger partial charge in [-0.2, -0.15) is 0 Å². The molecule has 0 saturated carbocycles. The number of halogens is 2. The fraction of sp³-hybridized carbons (Fsp3) is 0.364. The average Bonchev–Trinajstić information content (AvgIpc) is 2.18.